The molecule has 51 heavy (non-hydrogen) atoms. The number of benzene rings is 1. The molecule has 1 fully saturated rings. The zero-order valence-electron chi connectivity index (χ0n) is 29.5. The van der Waals surface area contributed by atoms with Crippen LogP contribution in [0.4, 0.5) is 0 Å². The number of rotatable bonds is 13. The van der Waals surface area contributed by atoms with Gasteiger partial charge in [0.2, 0.25) is 29.5 Å². The van der Waals surface area contributed by atoms with Gasteiger partial charge in [0.1, 0.15) is 36.6 Å². The van der Waals surface area contributed by atoms with Crippen LogP contribution in [0.2, 0.25) is 0 Å². The van der Waals surface area contributed by atoms with E-state index in [1.807, 2.05) is 13.8 Å². The van der Waals surface area contributed by atoms with Gasteiger partial charge in [0.15, 0.2) is 6.10 Å². The predicted molar refractivity (Wildman–Crippen MR) is 183 cm³/mol. The molecule has 17 heteroatoms. The first-order valence-electron chi connectivity index (χ1n) is 17.3. The second-order valence-electron chi connectivity index (χ2n) is 13.7. The number of aliphatic hydroxyl groups excluding tert-OH is 3. The maximum atomic E-state index is 13.7. The molecule has 0 radical (unpaired) electrons. The fourth-order valence-corrected chi connectivity index (χ4v) is 6.13. The molecule has 2 bridgehead atoms. The van der Waals surface area contributed by atoms with Gasteiger partial charge in [0, 0.05) is 6.54 Å². The van der Waals surface area contributed by atoms with Crippen molar-refractivity contribution in [3.05, 3.63) is 29.8 Å². The van der Waals surface area contributed by atoms with Crippen molar-refractivity contribution in [2.75, 3.05) is 19.7 Å². The molecular weight excluding hydrogens is 666 g/mol. The molecule has 3 aliphatic heterocycles. The highest BCUT2D eigenvalue weighted by atomic mass is 16.5. The molecule has 3 aliphatic rings. The normalized spacial score (nSPS) is 25.6. The van der Waals surface area contributed by atoms with E-state index in [9.17, 15) is 44.1 Å². The van der Waals surface area contributed by atoms with E-state index < -0.39 is 97.0 Å². The highest BCUT2D eigenvalue weighted by Crippen LogP contribution is 2.21. The zero-order valence-corrected chi connectivity index (χ0v) is 29.5. The van der Waals surface area contributed by atoms with Crippen molar-refractivity contribution in [3.8, 4) is 5.75 Å². The molecule has 3 heterocycles. The van der Waals surface area contributed by atoms with Gasteiger partial charge >= 0.3 is 0 Å². The zero-order chi connectivity index (χ0) is 38.0. The Kier molecular flexibility index (Phi) is 15.1. The molecule has 17 nitrogen and oxygen atoms in total. The molecule has 1 aromatic carbocycles. The molecule has 284 valence electrons. The second-order valence-corrected chi connectivity index (χ2v) is 13.7. The van der Waals surface area contributed by atoms with Crippen molar-refractivity contribution in [3.63, 3.8) is 0 Å². The van der Waals surface area contributed by atoms with Crippen LogP contribution in [-0.4, -0.2) is 124 Å². The van der Waals surface area contributed by atoms with Crippen LogP contribution in [0.1, 0.15) is 58.9 Å². The molecule has 3 unspecified atom stereocenters. The number of nitrogens with two attached hydrogens (primary N) is 2. The Labute approximate surface area is 297 Å². The summed E-state index contributed by atoms with van der Waals surface area (Å²) in [6.07, 6.45) is -3.87. The topological polar surface area (TPSA) is 276 Å². The average Bonchev–Trinajstić information content (AvgIpc) is 3.54. The van der Waals surface area contributed by atoms with Crippen molar-refractivity contribution in [2.45, 2.75) is 108 Å². The SMILES string of the molecule is CCC(C)[C@H](NC(=O)[C@@H]1CCCN1C[C@H](O)[C@@H]1Cc2ccc(cc2)OCC(O)C(O)C(=O)N[C@@H](CC(N)=O)C(=O)N1)C(=O)N[C@H](C(N)=O)C(C)C. The van der Waals surface area contributed by atoms with Crippen LogP contribution in [0, 0.1) is 11.8 Å². The van der Waals surface area contributed by atoms with Crippen molar-refractivity contribution in [2.24, 2.45) is 23.3 Å². The number of nitrogens with one attached hydrogen (secondary N) is 4. The largest absolute Gasteiger partial charge is 0.491 e. The first-order chi connectivity index (χ1) is 24.0. The summed E-state index contributed by atoms with van der Waals surface area (Å²) < 4.78 is 5.49. The molecule has 1 saturated heterocycles. The number of hydrogen-bond acceptors (Lipinski definition) is 11. The Morgan fingerprint density at radius 1 is 1.00 bits per heavy atom. The van der Waals surface area contributed by atoms with E-state index in [0.717, 1.165) is 0 Å². The van der Waals surface area contributed by atoms with Gasteiger partial charge in [0.25, 0.3) is 5.91 Å². The van der Waals surface area contributed by atoms with E-state index in [0.29, 0.717) is 37.1 Å². The van der Waals surface area contributed by atoms with Gasteiger partial charge < -0.3 is 52.8 Å². The highest BCUT2D eigenvalue weighted by Gasteiger charge is 2.38. The van der Waals surface area contributed by atoms with Crippen molar-refractivity contribution in [1.82, 2.24) is 26.2 Å². The lowest BCUT2D eigenvalue weighted by Crippen LogP contribution is -2.59. The smallest absolute Gasteiger partial charge is 0.252 e. The van der Waals surface area contributed by atoms with Gasteiger partial charge in [-0.3, -0.25) is 33.7 Å². The maximum Gasteiger partial charge on any atom is 0.252 e. The van der Waals surface area contributed by atoms with E-state index in [2.05, 4.69) is 21.3 Å². The lowest BCUT2D eigenvalue weighted by Gasteiger charge is -2.33. The van der Waals surface area contributed by atoms with Gasteiger partial charge in [-0.05, 0) is 55.3 Å². The second kappa shape index (κ2) is 18.8. The maximum absolute atomic E-state index is 13.7. The van der Waals surface area contributed by atoms with E-state index in [1.54, 1.807) is 43.0 Å². The molecule has 4 rings (SSSR count). The minimum atomic E-state index is -2.00. The van der Waals surface area contributed by atoms with E-state index >= 15 is 0 Å². The van der Waals surface area contributed by atoms with E-state index in [1.165, 1.54) is 0 Å². The standard InChI is InChI=1S/C34H53N7O10/c1-5-18(4)28(33(49)39-27(17(2)3)30(36)46)40-32(48)23-7-6-12-41(23)15-24(42)21-13-19-8-10-20(11-9-19)51-16-25(43)29(45)34(50)38-22(14-26(35)44)31(47)37-21/h8-11,17-18,21-25,27-29,42-43,45H,5-7,12-16H2,1-4H3,(H2,35,44)(H2,36,46)(H,37,47)(H,38,50)(H,39,49)(H,40,48)/t18?,21-,22-,23-,24-,25?,27-,28-,29?/m0/s1. The van der Waals surface area contributed by atoms with Gasteiger partial charge in [-0.25, -0.2) is 0 Å². The number of carbonyl (C=O) groups is 6. The Morgan fingerprint density at radius 3 is 2.25 bits per heavy atom. The number of ether oxygens (including phenoxy) is 1. The van der Waals surface area contributed by atoms with Crippen molar-refractivity contribution >= 4 is 35.4 Å². The lowest BCUT2D eigenvalue weighted by molar-refractivity contribution is -0.140. The average molecular weight is 720 g/mol. The summed E-state index contributed by atoms with van der Waals surface area (Å²) in [6.45, 7) is 7.09. The Bertz CT molecular complexity index is 1390. The molecule has 0 spiro atoms. The predicted octanol–water partition coefficient (Wildman–Crippen LogP) is -2.83. The van der Waals surface area contributed by atoms with Crippen LogP contribution in [0.5, 0.6) is 5.75 Å². The quantitative estimate of drug-likeness (QED) is 0.100. The number of amides is 6. The molecule has 0 saturated carbocycles. The number of fused-ring (bicyclic) bond motifs is 12. The van der Waals surface area contributed by atoms with Crippen LogP contribution in [0.3, 0.4) is 0 Å². The summed E-state index contributed by atoms with van der Waals surface area (Å²) >= 11 is 0. The van der Waals surface area contributed by atoms with Crippen LogP contribution in [-0.2, 0) is 35.2 Å². The molecule has 0 aliphatic carbocycles. The number of carbonyl (C=O) groups excluding carboxylic acids is 6. The van der Waals surface area contributed by atoms with Gasteiger partial charge in [0.05, 0.1) is 24.6 Å². The number of nitrogens with zero attached hydrogens (tertiary/aromatic N) is 1. The van der Waals surface area contributed by atoms with Crippen LogP contribution >= 0.6 is 0 Å². The van der Waals surface area contributed by atoms with Crippen LogP contribution in [0.25, 0.3) is 0 Å². The van der Waals surface area contributed by atoms with Gasteiger partial charge in [-0.15, -0.1) is 0 Å². The Hall–Kier alpha value is -4.32. The minimum Gasteiger partial charge on any atom is -0.491 e. The molecular formula is C34H53N7O10. The third kappa shape index (κ3) is 11.6. The molecule has 0 aromatic heterocycles. The summed E-state index contributed by atoms with van der Waals surface area (Å²) in [7, 11) is 0. The van der Waals surface area contributed by atoms with E-state index in [4.69, 9.17) is 16.2 Å². The van der Waals surface area contributed by atoms with Crippen LogP contribution in [0.15, 0.2) is 24.3 Å². The number of hydrogen-bond donors (Lipinski definition) is 9. The van der Waals surface area contributed by atoms with Gasteiger partial charge in [-0.2, -0.15) is 0 Å². The van der Waals surface area contributed by atoms with Gasteiger partial charge in [-0.1, -0.05) is 46.2 Å². The number of aliphatic hydroxyl groups is 3. The fraction of sp³-hybridized carbons (Fsp3) is 0.647. The van der Waals surface area contributed by atoms with Crippen molar-refractivity contribution in [1.29, 1.82) is 0 Å². The number of likely N-dealkylation sites (tertiary alicyclic amines) is 1. The summed E-state index contributed by atoms with van der Waals surface area (Å²) in [4.78, 5) is 78.7. The first kappa shape index (κ1) is 41.1. The third-order valence-corrected chi connectivity index (χ3v) is 9.42. The first-order valence-corrected chi connectivity index (χ1v) is 17.3. The summed E-state index contributed by atoms with van der Waals surface area (Å²) in [5.41, 5.74) is 11.5. The fourth-order valence-electron chi connectivity index (χ4n) is 6.13. The number of primary amides is 2. The van der Waals surface area contributed by atoms with Crippen molar-refractivity contribution < 1.29 is 48.8 Å². The molecule has 1 aromatic rings. The minimum absolute atomic E-state index is 0.0702. The Balaban J connectivity index is 1.83. The summed E-state index contributed by atoms with van der Waals surface area (Å²) in [5, 5.41) is 42.6. The highest BCUT2D eigenvalue weighted by molar-refractivity contribution is 5.94. The Morgan fingerprint density at radius 2 is 1.67 bits per heavy atom. The summed E-state index contributed by atoms with van der Waals surface area (Å²) in [5.74, 6) is -4.82. The van der Waals surface area contributed by atoms with E-state index in [-0.39, 0.29) is 24.8 Å². The molecule has 11 N–H and O–H groups in total. The monoisotopic (exact) mass is 719 g/mol. The number of β-amino-alcohol motifs (C(OH)–C–C–N with tert-alkyl or cyclic N) is 1. The molecule has 9 atom stereocenters. The lowest BCUT2D eigenvalue weighted by atomic mass is 9.96. The van der Waals surface area contributed by atoms with Crippen LogP contribution < -0.4 is 37.5 Å². The molecule has 6 amide bonds. The summed E-state index contributed by atoms with van der Waals surface area (Å²) in [6, 6.07) is 1.40. The third-order valence-electron chi connectivity index (χ3n) is 9.42.